The molecule has 0 saturated carbocycles. The van der Waals surface area contributed by atoms with Crippen LogP contribution in [-0.2, 0) is 10.0 Å². The van der Waals surface area contributed by atoms with Crippen molar-refractivity contribution < 1.29 is 13.2 Å². The summed E-state index contributed by atoms with van der Waals surface area (Å²) in [5.74, 6) is 0.621. The van der Waals surface area contributed by atoms with Crippen LogP contribution in [0, 0.1) is 11.3 Å². The first-order valence-electron chi connectivity index (χ1n) is 7.03. The molecule has 2 aromatic rings. The van der Waals surface area contributed by atoms with E-state index in [0.29, 0.717) is 5.75 Å². The van der Waals surface area contributed by atoms with Crippen molar-refractivity contribution in [1.29, 1.82) is 5.26 Å². The standard InChI is InChI=1S/C17H18N2O3S/c1-13(15-9-5-6-10-16(15)22-3)19(2)23(20,21)17-11-7-4-8-14(17)12-18/h4-11,13H,1-3H3/t13-/m0/s1. The first-order valence-corrected chi connectivity index (χ1v) is 8.47. The van der Waals surface area contributed by atoms with E-state index in [2.05, 4.69) is 0 Å². The molecule has 0 saturated heterocycles. The third-order valence-electron chi connectivity index (χ3n) is 3.80. The predicted molar refractivity (Wildman–Crippen MR) is 87.5 cm³/mol. The van der Waals surface area contributed by atoms with Crippen LogP contribution in [0.4, 0.5) is 0 Å². The average Bonchev–Trinajstić information content (AvgIpc) is 2.60. The van der Waals surface area contributed by atoms with Gasteiger partial charge in [-0.05, 0) is 25.1 Å². The van der Waals surface area contributed by atoms with Crippen molar-refractivity contribution in [2.75, 3.05) is 14.2 Å². The predicted octanol–water partition coefficient (Wildman–Crippen LogP) is 2.95. The van der Waals surface area contributed by atoms with E-state index >= 15 is 0 Å². The van der Waals surface area contributed by atoms with Gasteiger partial charge in [0.25, 0.3) is 0 Å². The number of hydrogen-bond donors (Lipinski definition) is 0. The molecule has 120 valence electrons. The summed E-state index contributed by atoms with van der Waals surface area (Å²) in [5.41, 5.74) is 0.891. The first kappa shape index (κ1) is 17.0. The van der Waals surface area contributed by atoms with Crippen LogP contribution in [-0.4, -0.2) is 26.9 Å². The van der Waals surface area contributed by atoms with Gasteiger partial charge in [0, 0.05) is 12.6 Å². The maximum Gasteiger partial charge on any atom is 0.244 e. The van der Waals surface area contributed by atoms with Gasteiger partial charge in [0.05, 0.1) is 23.6 Å². The highest BCUT2D eigenvalue weighted by Crippen LogP contribution is 2.32. The Labute approximate surface area is 136 Å². The SMILES string of the molecule is COc1ccccc1[C@H](C)N(C)S(=O)(=O)c1ccccc1C#N. The summed E-state index contributed by atoms with van der Waals surface area (Å²) in [6, 6.07) is 14.9. The second-order valence-electron chi connectivity index (χ2n) is 5.05. The molecule has 0 radical (unpaired) electrons. The Morgan fingerprint density at radius 2 is 1.74 bits per heavy atom. The Hall–Kier alpha value is -2.36. The van der Waals surface area contributed by atoms with E-state index in [-0.39, 0.29) is 10.5 Å². The molecule has 0 spiro atoms. The molecule has 0 aliphatic carbocycles. The highest BCUT2D eigenvalue weighted by Gasteiger charge is 2.29. The summed E-state index contributed by atoms with van der Waals surface area (Å²) in [5, 5.41) is 9.15. The molecule has 0 unspecified atom stereocenters. The minimum atomic E-state index is -3.80. The largest absolute Gasteiger partial charge is 0.496 e. The summed E-state index contributed by atoms with van der Waals surface area (Å²) < 4.78 is 32.3. The number of sulfonamides is 1. The van der Waals surface area contributed by atoms with Crippen LogP contribution in [0.3, 0.4) is 0 Å². The van der Waals surface area contributed by atoms with Gasteiger partial charge in [0.2, 0.25) is 10.0 Å². The molecule has 0 fully saturated rings. The molecule has 0 N–H and O–H groups in total. The summed E-state index contributed by atoms with van der Waals surface area (Å²) in [7, 11) is -0.752. The van der Waals surface area contributed by atoms with Crippen molar-refractivity contribution in [1.82, 2.24) is 4.31 Å². The lowest BCUT2D eigenvalue weighted by Gasteiger charge is -2.26. The van der Waals surface area contributed by atoms with Crippen LogP contribution < -0.4 is 4.74 Å². The van der Waals surface area contributed by atoms with E-state index in [1.54, 1.807) is 32.2 Å². The Morgan fingerprint density at radius 3 is 2.39 bits per heavy atom. The van der Waals surface area contributed by atoms with Crippen LogP contribution in [0.1, 0.15) is 24.1 Å². The van der Waals surface area contributed by atoms with E-state index in [1.807, 2.05) is 24.3 Å². The highest BCUT2D eigenvalue weighted by atomic mass is 32.2. The molecule has 0 amide bonds. The van der Waals surface area contributed by atoms with Crippen molar-refractivity contribution in [3.8, 4) is 11.8 Å². The molecule has 0 aromatic heterocycles. The quantitative estimate of drug-likeness (QED) is 0.845. The van der Waals surface area contributed by atoms with Crippen molar-refractivity contribution in [2.45, 2.75) is 17.9 Å². The minimum Gasteiger partial charge on any atom is -0.496 e. The van der Waals surface area contributed by atoms with Crippen molar-refractivity contribution >= 4 is 10.0 Å². The summed E-state index contributed by atoms with van der Waals surface area (Å²) in [4.78, 5) is 0.00625. The van der Waals surface area contributed by atoms with Gasteiger partial charge in [-0.3, -0.25) is 0 Å². The van der Waals surface area contributed by atoms with Crippen LogP contribution in [0.15, 0.2) is 53.4 Å². The van der Waals surface area contributed by atoms with Gasteiger partial charge in [-0.25, -0.2) is 8.42 Å². The van der Waals surface area contributed by atoms with E-state index in [4.69, 9.17) is 10.00 Å². The third-order valence-corrected chi connectivity index (χ3v) is 5.79. The molecule has 6 heteroatoms. The highest BCUT2D eigenvalue weighted by molar-refractivity contribution is 7.89. The Kier molecular flexibility index (Phi) is 5.04. The topological polar surface area (TPSA) is 70.4 Å². The summed E-state index contributed by atoms with van der Waals surface area (Å²) in [6.07, 6.45) is 0. The molecule has 2 rings (SSSR count). The van der Waals surface area contributed by atoms with E-state index in [1.165, 1.54) is 23.5 Å². The van der Waals surface area contributed by atoms with E-state index < -0.39 is 16.1 Å². The van der Waals surface area contributed by atoms with Gasteiger partial charge in [-0.15, -0.1) is 0 Å². The smallest absolute Gasteiger partial charge is 0.244 e. The maximum absolute atomic E-state index is 12.9. The number of hydrogen-bond acceptors (Lipinski definition) is 4. The van der Waals surface area contributed by atoms with Gasteiger partial charge in [0.1, 0.15) is 11.8 Å². The lowest BCUT2D eigenvalue weighted by Crippen LogP contribution is -2.30. The van der Waals surface area contributed by atoms with Crippen LogP contribution in [0.5, 0.6) is 5.75 Å². The summed E-state index contributed by atoms with van der Waals surface area (Å²) in [6.45, 7) is 1.78. The Balaban J connectivity index is 2.46. The number of methoxy groups -OCH3 is 1. The monoisotopic (exact) mass is 330 g/mol. The molecular formula is C17H18N2O3S. The molecule has 0 aliphatic heterocycles. The second-order valence-corrected chi connectivity index (χ2v) is 7.01. The fraction of sp³-hybridized carbons (Fsp3) is 0.235. The maximum atomic E-state index is 12.9. The molecule has 0 heterocycles. The van der Waals surface area contributed by atoms with Gasteiger partial charge < -0.3 is 4.74 Å². The van der Waals surface area contributed by atoms with Gasteiger partial charge in [-0.2, -0.15) is 9.57 Å². The number of benzene rings is 2. The number of nitrogens with zero attached hydrogens (tertiary/aromatic N) is 2. The minimum absolute atomic E-state index is 0.00625. The average molecular weight is 330 g/mol. The molecule has 0 bridgehead atoms. The molecule has 23 heavy (non-hydrogen) atoms. The lowest BCUT2D eigenvalue weighted by atomic mass is 10.1. The molecule has 0 aliphatic rings. The zero-order valence-electron chi connectivity index (χ0n) is 13.2. The molecule has 5 nitrogen and oxygen atoms in total. The fourth-order valence-electron chi connectivity index (χ4n) is 2.35. The molecular weight excluding hydrogens is 312 g/mol. The molecule has 1 atom stereocenters. The first-order chi connectivity index (χ1) is 10.9. The number of para-hydroxylation sites is 1. The van der Waals surface area contributed by atoms with Crippen molar-refractivity contribution in [3.63, 3.8) is 0 Å². The number of rotatable bonds is 5. The van der Waals surface area contributed by atoms with Gasteiger partial charge in [0.15, 0.2) is 0 Å². The third kappa shape index (κ3) is 3.21. The zero-order chi connectivity index (χ0) is 17.0. The van der Waals surface area contributed by atoms with Gasteiger partial charge in [-0.1, -0.05) is 30.3 Å². The Bertz CT molecular complexity index is 841. The lowest BCUT2D eigenvalue weighted by molar-refractivity contribution is 0.367. The van der Waals surface area contributed by atoms with E-state index in [0.717, 1.165) is 5.56 Å². The number of ether oxygens (including phenoxy) is 1. The van der Waals surface area contributed by atoms with Gasteiger partial charge >= 0.3 is 0 Å². The van der Waals surface area contributed by atoms with Crippen LogP contribution >= 0.6 is 0 Å². The van der Waals surface area contributed by atoms with Crippen LogP contribution in [0.2, 0.25) is 0 Å². The van der Waals surface area contributed by atoms with Crippen molar-refractivity contribution in [3.05, 3.63) is 59.7 Å². The summed E-state index contributed by atoms with van der Waals surface area (Å²) >= 11 is 0. The zero-order valence-corrected chi connectivity index (χ0v) is 14.0. The van der Waals surface area contributed by atoms with Crippen molar-refractivity contribution in [2.24, 2.45) is 0 Å². The molecule has 2 aromatic carbocycles. The fourth-order valence-corrected chi connectivity index (χ4v) is 3.84. The van der Waals surface area contributed by atoms with E-state index in [9.17, 15) is 8.42 Å². The number of nitriles is 1. The normalized spacial score (nSPS) is 12.7. The second kappa shape index (κ2) is 6.82. The van der Waals surface area contributed by atoms with Crippen LogP contribution in [0.25, 0.3) is 0 Å². The Morgan fingerprint density at radius 1 is 1.13 bits per heavy atom.